The van der Waals surface area contributed by atoms with E-state index in [-0.39, 0.29) is 23.7 Å². The number of nitriles is 1. The predicted octanol–water partition coefficient (Wildman–Crippen LogP) is 1.81. The van der Waals surface area contributed by atoms with Crippen molar-refractivity contribution < 1.29 is 13.7 Å². The Balaban J connectivity index is 1.79. The molecule has 1 heterocycles. The zero-order chi connectivity index (χ0) is 15.2. The Morgan fingerprint density at radius 1 is 1.48 bits per heavy atom. The molecule has 5 nitrogen and oxygen atoms in total. The van der Waals surface area contributed by atoms with Gasteiger partial charge < -0.3 is 10.1 Å². The van der Waals surface area contributed by atoms with Gasteiger partial charge in [0.25, 0.3) is 0 Å². The Bertz CT molecular complexity index is 565. The standard InChI is InChI=1S/C15H18N2O3S/c1-11-14(6-8-20-11)21(19)9-7-15(18)17-13-4-2-12(10-16)3-5-13/h2-5,11,14H,6-9H2,1H3,(H,17,18). The zero-order valence-corrected chi connectivity index (χ0v) is 12.7. The summed E-state index contributed by atoms with van der Waals surface area (Å²) in [6.07, 6.45) is 1.02. The molecule has 1 aromatic rings. The molecule has 1 saturated heterocycles. The summed E-state index contributed by atoms with van der Waals surface area (Å²) in [5.41, 5.74) is 1.19. The van der Waals surface area contributed by atoms with E-state index >= 15 is 0 Å². The summed E-state index contributed by atoms with van der Waals surface area (Å²) in [5, 5.41) is 11.5. The Morgan fingerprint density at radius 2 is 2.19 bits per heavy atom. The van der Waals surface area contributed by atoms with Crippen molar-refractivity contribution in [3.05, 3.63) is 29.8 Å². The van der Waals surface area contributed by atoms with Gasteiger partial charge in [-0.15, -0.1) is 0 Å². The number of ether oxygens (including phenoxy) is 1. The molecule has 0 saturated carbocycles. The number of amides is 1. The van der Waals surface area contributed by atoms with Crippen LogP contribution in [0, 0.1) is 11.3 Å². The first-order valence-electron chi connectivity index (χ1n) is 6.89. The molecule has 3 unspecified atom stereocenters. The van der Waals surface area contributed by atoms with Crippen molar-refractivity contribution in [2.24, 2.45) is 0 Å². The minimum absolute atomic E-state index is 0.00687. The van der Waals surface area contributed by atoms with Crippen molar-refractivity contribution in [1.29, 1.82) is 5.26 Å². The lowest BCUT2D eigenvalue weighted by molar-refractivity contribution is -0.115. The van der Waals surface area contributed by atoms with Gasteiger partial charge in [-0.3, -0.25) is 9.00 Å². The van der Waals surface area contributed by atoms with E-state index in [4.69, 9.17) is 10.00 Å². The Kier molecular flexibility index (Phi) is 5.48. The highest BCUT2D eigenvalue weighted by Crippen LogP contribution is 2.19. The maximum Gasteiger partial charge on any atom is 0.225 e. The van der Waals surface area contributed by atoms with Crippen molar-refractivity contribution in [3.63, 3.8) is 0 Å². The Hall–Kier alpha value is -1.71. The summed E-state index contributed by atoms with van der Waals surface area (Å²) >= 11 is 0. The minimum atomic E-state index is -1.04. The first-order chi connectivity index (χ1) is 10.1. The smallest absolute Gasteiger partial charge is 0.225 e. The van der Waals surface area contributed by atoms with Crippen LogP contribution in [0.25, 0.3) is 0 Å². The molecule has 1 aliphatic rings. The van der Waals surface area contributed by atoms with E-state index in [0.717, 1.165) is 6.42 Å². The van der Waals surface area contributed by atoms with Crippen LogP contribution < -0.4 is 5.32 Å². The van der Waals surface area contributed by atoms with Gasteiger partial charge in [0.15, 0.2) is 0 Å². The Morgan fingerprint density at radius 3 is 2.76 bits per heavy atom. The van der Waals surface area contributed by atoms with Gasteiger partial charge in [0.05, 0.1) is 23.0 Å². The molecule has 1 N–H and O–H groups in total. The molecule has 0 spiro atoms. The fraction of sp³-hybridized carbons (Fsp3) is 0.467. The molecular formula is C15H18N2O3S. The average Bonchev–Trinajstić information content (AvgIpc) is 2.92. The monoisotopic (exact) mass is 306 g/mol. The molecule has 0 radical (unpaired) electrons. The molecule has 1 fully saturated rings. The summed E-state index contributed by atoms with van der Waals surface area (Å²) in [6.45, 7) is 2.57. The fourth-order valence-corrected chi connectivity index (χ4v) is 3.81. The SMILES string of the molecule is CC1OCCC1S(=O)CCC(=O)Nc1ccc(C#N)cc1. The second-order valence-corrected chi connectivity index (χ2v) is 6.75. The van der Waals surface area contributed by atoms with E-state index < -0.39 is 10.8 Å². The molecule has 3 atom stereocenters. The van der Waals surface area contributed by atoms with Gasteiger partial charge in [-0.1, -0.05) is 0 Å². The highest BCUT2D eigenvalue weighted by atomic mass is 32.2. The van der Waals surface area contributed by atoms with E-state index in [1.807, 2.05) is 13.0 Å². The van der Waals surface area contributed by atoms with Crippen LogP contribution in [0.1, 0.15) is 25.3 Å². The molecule has 0 aromatic heterocycles. The average molecular weight is 306 g/mol. The summed E-state index contributed by atoms with van der Waals surface area (Å²) < 4.78 is 17.5. The van der Waals surface area contributed by atoms with Crippen LogP contribution in [0.5, 0.6) is 0 Å². The summed E-state index contributed by atoms with van der Waals surface area (Å²) in [6, 6.07) is 8.67. The fourth-order valence-electron chi connectivity index (χ4n) is 2.25. The number of carbonyl (C=O) groups is 1. The third-order valence-corrected chi connectivity index (χ3v) is 5.37. The van der Waals surface area contributed by atoms with Gasteiger partial charge in [0, 0.05) is 35.3 Å². The predicted molar refractivity (Wildman–Crippen MR) is 81.2 cm³/mol. The molecule has 2 rings (SSSR count). The van der Waals surface area contributed by atoms with E-state index in [1.165, 1.54) is 0 Å². The Labute approximate surface area is 126 Å². The van der Waals surface area contributed by atoms with Crippen LogP contribution in [0.3, 0.4) is 0 Å². The van der Waals surface area contributed by atoms with Gasteiger partial charge in [0.2, 0.25) is 5.91 Å². The first kappa shape index (κ1) is 15.7. The van der Waals surface area contributed by atoms with Gasteiger partial charge in [0.1, 0.15) is 0 Å². The number of benzene rings is 1. The van der Waals surface area contributed by atoms with E-state index in [0.29, 0.717) is 23.6 Å². The molecule has 1 amide bonds. The van der Waals surface area contributed by atoms with Gasteiger partial charge in [-0.05, 0) is 37.6 Å². The zero-order valence-electron chi connectivity index (χ0n) is 11.9. The third kappa shape index (κ3) is 4.38. The first-order valence-corrected chi connectivity index (χ1v) is 8.27. The summed E-state index contributed by atoms with van der Waals surface area (Å²) in [5.74, 6) is 0.181. The largest absolute Gasteiger partial charge is 0.377 e. The maximum absolute atomic E-state index is 12.1. The topological polar surface area (TPSA) is 79.2 Å². The number of nitrogens with zero attached hydrogens (tertiary/aromatic N) is 1. The van der Waals surface area contributed by atoms with E-state index in [9.17, 15) is 9.00 Å². The van der Waals surface area contributed by atoms with Crippen LogP contribution in [-0.4, -0.2) is 33.8 Å². The maximum atomic E-state index is 12.1. The lowest BCUT2D eigenvalue weighted by Gasteiger charge is -2.13. The number of hydrogen-bond acceptors (Lipinski definition) is 4. The normalized spacial score (nSPS) is 22.5. The molecule has 6 heteroatoms. The molecule has 0 aliphatic carbocycles. The summed E-state index contributed by atoms with van der Waals surface area (Å²) in [7, 11) is -1.04. The van der Waals surface area contributed by atoms with Crippen LogP contribution in [0.2, 0.25) is 0 Å². The number of nitrogens with one attached hydrogen (secondary N) is 1. The summed E-state index contributed by atoms with van der Waals surface area (Å²) in [4.78, 5) is 11.8. The quantitative estimate of drug-likeness (QED) is 0.900. The van der Waals surface area contributed by atoms with Crippen LogP contribution >= 0.6 is 0 Å². The second-order valence-electron chi connectivity index (χ2n) is 4.98. The molecule has 0 bridgehead atoms. The lowest BCUT2D eigenvalue weighted by Crippen LogP contribution is -2.26. The number of hydrogen-bond donors (Lipinski definition) is 1. The van der Waals surface area contributed by atoms with Crippen LogP contribution in [0.15, 0.2) is 24.3 Å². The van der Waals surface area contributed by atoms with Crippen molar-refractivity contribution in [3.8, 4) is 6.07 Å². The molecule has 1 aliphatic heterocycles. The van der Waals surface area contributed by atoms with Crippen molar-refractivity contribution in [2.45, 2.75) is 31.1 Å². The van der Waals surface area contributed by atoms with Crippen molar-refractivity contribution in [1.82, 2.24) is 0 Å². The van der Waals surface area contributed by atoms with Crippen molar-refractivity contribution >= 4 is 22.4 Å². The molecule has 112 valence electrons. The highest BCUT2D eigenvalue weighted by molar-refractivity contribution is 7.85. The number of anilines is 1. The minimum Gasteiger partial charge on any atom is -0.377 e. The number of carbonyl (C=O) groups excluding carboxylic acids is 1. The second kappa shape index (κ2) is 7.34. The van der Waals surface area contributed by atoms with Crippen molar-refractivity contribution in [2.75, 3.05) is 17.7 Å². The third-order valence-electron chi connectivity index (χ3n) is 3.47. The molecular weight excluding hydrogens is 288 g/mol. The molecule has 21 heavy (non-hydrogen) atoms. The van der Waals surface area contributed by atoms with E-state index in [1.54, 1.807) is 24.3 Å². The van der Waals surface area contributed by atoms with E-state index in [2.05, 4.69) is 5.32 Å². The highest BCUT2D eigenvalue weighted by Gasteiger charge is 2.29. The van der Waals surface area contributed by atoms with Gasteiger partial charge >= 0.3 is 0 Å². The van der Waals surface area contributed by atoms with Crippen LogP contribution in [-0.2, 0) is 20.3 Å². The van der Waals surface area contributed by atoms with Gasteiger partial charge in [-0.2, -0.15) is 5.26 Å². The number of rotatable bonds is 5. The molecule has 1 aromatic carbocycles. The lowest BCUT2D eigenvalue weighted by atomic mass is 10.2. The van der Waals surface area contributed by atoms with Crippen LogP contribution in [0.4, 0.5) is 5.69 Å². The van der Waals surface area contributed by atoms with Gasteiger partial charge in [-0.25, -0.2) is 0 Å².